The summed E-state index contributed by atoms with van der Waals surface area (Å²) >= 11 is 0. The van der Waals surface area contributed by atoms with Crippen molar-refractivity contribution in [3.8, 4) is 0 Å². The molecule has 5 aliphatic rings. The predicted octanol–water partition coefficient (Wildman–Crippen LogP) is 2.55. The van der Waals surface area contributed by atoms with E-state index in [9.17, 15) is 15.2 Å². The van der Waals surface area contributed by atoms with Crippen LogP contribution in [0.5, 0.6) is 0 Å². The third-order valence-corrected chi connectivity index (χ3v) is 7.83. The molecule has 3 heterocycles. The Morgan fingerprint density at radius 3 is 2.86 bits per heavy atom. The van der Waals surface area contributed by atoms with Gasteiger partial charge in [0.1, 0.15) is 6.10 Å². The topological polar surface area (TPSA) is 94.5 Å². The van der Waals surface area contributed by atoms with Gasteiger partial charge in [0, 0.05) is 0 Å². The number of rotatable bonds is 1. The molecule has 0 aromatic rings. The lowest BCUT2D eigenvalue weighted by atomic mass is 9.56. The summed E-state index contributed by atoms with van der Waals surface area (Å²) in [5.74, 6) is -1.59. The molecule has 0 radical (unpaired) electrons. The second-order valence-electron chi connectivity index (χ2n) is 9.27. The molecule has 0 aromatic carbocycles. The van der Waals surface area contributed by atoms with Gasteiger partial charge in [-0.2, -0.15) is 0 Å². The van der Waals surface area contributed by atoms with Gasteiger partial charge in [-0.15, -0.1) is 0 Å². The first kappa shape index (κ1) is 18.8. The molecule has 0 amide bonds. The van der Waals surface area contributed by atoms with Crippen molar-refractivity contribution in [2.24, 2.45) is 23.2 Å². The highest BCUT2D eigenvalue weighted by Gasteiger charge is 2.61. The number of hydrogen-bond donors (Lipinski definition) is 2. The van der Waals surface area contributed by atoms with E-state index in [1.54, 1.807) is 6.92 Å². The number of allylic oxidation sites excluding steroid dienone is 2. The summed E-state index contributed by atoms with van der Waals surface area (Å²) in [6.45, 7) is 4.28. The van der Waals surface area contributed by atoms with E-state index in [1.165, 1.54) is 5.57 Å². The smallest absolute Gasteiger partial charge is 0.309 e. The molecule has 7 nitrogen and oxygen atoms in total. The van der Waals surface area contributed by atoms with Crippen LogP contribution < -0.4 is 0 Å². The van der Waals surface area contributed by atoms with Gasteiger partial charge in [-0.1, -0.05) is 24.6 Å². The van der Waals surface area contributed by atoms with Gasteiger partial charge >= 0.3 is 5.97 Å². The maximum absolute atomic E-state index is 13.2. The number of carbonyl (C=O) groups excluding carboxylic acids is 1. The second kappa shape index (κ2) is 6.37. The summed E-state index contributed by atoms with van der Waals surface area (Å²) in [5, 5.41) is 19.5. The molecule has 7 heteroatoms. The highest BCUT2D eigenvalue weighted by atomic mass is 17.1. The maximum Gasteiger partial charge on any atom is 0.309 e. The molecule has 8 atom stereocenters. The van der Waals surface area contributed by atoms with Crippen molar-refractivity contribution >= 4 is 5.97 Å². The van der Waals surface area contributed by atoms with E-state index < -0.39 is 18.2 Å². The van der Waals surface area contributed by atoms with Crippen LogP contribution in [0.15, 0.2) is 23.3 Å². The molecule has 2 saturated heterocycles. The summed E-state index contributed by atoms with van der Waals surface area (Å²) in [6.07, 6.45) is 6.12. The van der Waals surface area contributed by atoms with Gasteiger partial charge in [-0.3, -0.25) is 4.79 Å². The van der Waals surface area contributed by atoms with E-state index in [0.29, 0.717) is 19.3 Å². The first-order valence-corrected chi connectivity index (χ1v) is 10.3. The summed E-state index contributed by atoms with van der Waals surface area (Å²) in [4.78, 5) is 17.8. The third-order valence-electron chi connectivity index (χ3n) is 7.83. The molecule has 5 rings (SSSR count). The number of carbonyl (C=O) groups is 1. The van der Waals surface area contributed by atoms with Gasteiger partial charge < -0.3 is 19.3 Å². The van der Waals surface area contributed by atoms with Crippen LogP contribution in [0.2, 0.25) is 0 Å². The summed E-state index contributed by atoms with van der Waals surface area (Å²) in [5.41, 5.74) is 1.90. The number of ether oxygens (including phenoxy) is 3. The number of aliphatic hydroxyl groups is 1. The Morgan fingerprint density at radius 1 is 1.25 bits per heavy atom. The number of hydrogen-bond acceptors (Lipinski definition) is 7. The summed E-state index contributed by atoms with van der Waals surface area (Å²) < 4.78 is 17.5. The quantitative estimate of drug-likeness (QED) is 0.306. The minimum Gasteiger partial charge on any atom is -0.459 e. The average Bonchev–Trinajstić information content (AvgIpc) is 3.14. The molecule has 154 valence electrons. The lowest BCUT2D eigenvalue weighted by molar-refractivity contribution is -0.361. The van der Waals surface area contributed by atoms with E-state index in [0.717, 1.165) is 18.4 Å². The highest BCUT2D eigenvalue weighted by molar-refractivity contribution is 5.74. The van der Waals surface area contributed by atoms with Gasteiger partial charge in [0.05, 0.1) is 24.5 Å². The summed E-state index contributed by atoms with van der Waals surface area (Å²) in [7, 11) is 0. The van der Waals surface area contributed by atoms with E-state index in [4.69, 9.17) is 14.2 Å². The molecule has 28 heavy (non-hydrogen) atoms. The Balaban J connectivity index is 1.55. The Kier molecular flexibility index (Phi) is 4.27. The first-order valence-electron chi connectivity index (χ1n) is 10.3. The maximum atomic E-state index is 13.2. The molecule has 2 N–H and O–H groups in total. The average molecular weight is 392 g/mol. The molecular formula is C21H28O7. The normalized spacial score (nSPS) is 52.1. The van der Waals surface area contributed by atoms with Crippen LogP contribution in [0, 0.1) is 23.2 Å². The van der Waals surface area contributed by atoms with Crippen molar-refractivity contribution in [3.63, 3.8) is 0 Å². The molecule has 0 spiro atoms. The third kappa shape index (κ3) is 2.57. The van der Waals surface area contributed by atoms with Crippen LogP contribution in [0.25, 0.3) is 0 Å². The van der Waals surface area contributed by atoms with Gasteiger partial charge in [0.15, 0.2) is 5.79 Å². The van der Waals surface area contributed by atoms with Gasteiger partial charge in [-0.05, 0) is 55.9 Å². The molecule has 3 aliphatic heterocycles. The number of fused-ring (bicyclic) bond motifs is 3. The van der Waals surface area contributed by atoms with Gasteiger partial charge in [0.25, 0.3) is 0 Å². The van der Waals surface area contributed by atoms with E-state index >= 15 is 0 Å². The van der Waals surface area contributed by atoms with Crippen LogP contribution in [0.4, 0.5) is 0 Å². The Hall–Kier alpha value is -1.25. The zero-order valence-corrected chi connectivity index (χ0v) is 16.3. The minimum absolute atomic E-state index is 0.0749. The monoisotopic (exact) mass is 392 g/mol. The Morgan fingerprint density at radius 2 is 2.07 bits per heavy atom. The Bertz CT molecular complexity index is 745. The van der Waals surface area contributed by atoms with Crippen molar-refractivity contribution in [1.82, 2.24) is 0 Å². The first-order chi connectivity index (χ1) is 13.4. The fraction of sp³-hybridized carbons (Fsp3) is 0.762. The highest BCUT2D eigenvalue weighted by Crippen LogP contribution is 2.56. The second-order valence-corrected chi connectivity index (χ2v) is 9.27. The number of esters is 1. The van der Waals surface area contributed by atoms with Crippen molar-refractivity contribution in [2.75, 3.05) is 6.61 Å². The predicted molar refractivity (Wildman–Crippen MR) is 96.7 cm³/mol. The molecule has 2 aliphatic carbocycles. The van der Waals surface area contributed by atoms with E-state index in [-0.39, 0.29) is 41.8 Å². The largest absolute Gasteiger partial charge is 0.459 e. The van der Waals surface area contributed by atoms with Crippen LogP contribution in [-0.4, -0.2) is 47.2 Å². The molecular weight excluding hydrogens is 364 g/mol. The lowest BCUT2D eigenvalue weighted by Gasteiger charge is -2.49. The van der Waals surface area contributed by atoms with Crippen molar-refractivity contribution in [3.05, 3.63) is 23.3 Å². The van der Waals surface area contributed by atoms with Crippen molar-refractivity contribution < 1.29 is 34.3 Å². The Labute approximate surface area is 164 Å². The van der Waals surface area contributed by atoms with Crippen LogP contribution in [0.3, 0.4) is 0 Å². The van der Waals surface area contributed by atoms with Crippen LogP contribution in [-0.2, 0) is 23.9 Å². The van der Waals surface area contributed by atoms with Crippen LogP contribution in [0.1, 0.15) is 46.0 Å². The minimum atomic E-state index is -0.970. The van der Waals surface area contributed by atoms with Crippen molar-refractivity contribution in [1.29, 1.82) is 0 Å². The molecule has 0 aromatic heterocycles. The van der Waals surface area contributed by atoms with E-state index in [2.05, 4.69) is 24.0 Å². The van der Waals surface area contributed by atoms with Crippen LogP contribution >= 0.6 is 0 Å². The fourth-order valence-corrected chi connectivity index (χ4v) is 6.25. The molecule has 0 bridgehead atoms. The molecule has 0 unspecified atom stereocenters. The summed E-state index contributed by atoms with van der Waals surface area (Å²) in [6, 6.07) is 0. The molecule has 3 fully saturated rings. The van der Waals surface area contributed by atoms with Gasteiger partial charge in [-0.25, -0.2) is 10.1 Å². The lowest BCUT2D eigenvalue weighted by Crippen LogP contribution is -2.45. The van der Waals surface area contributed by atoms with Gasteiger partial charge in [0.2, 0.25) is 6.29 Å². The zero-order chi connectivity index (χ0) is 19.7. The van der Waals surface area contributed by atoms with E-state index in [1.807, 2.05) is 0 Å². The molecule has 1 saturated carbocycles. The zero-order valence-electron chi connectivity index (χ0n) is 16.3. The SMILES string of the molecule is C[C@]12OC[C@@H]3OC(=O)[C@H]4CC=C5C[C@H](O)CC[C@@]5(C)[C@@H]4C/C=C(/[C@@H](OO)O1)[C@@H]32. The van der Waals surface area contributed by atoms with Crippen molar-refractivity contribution in [2.45, 2.75) is 70.2 Å². The number of aliphatic hydroxyl groups excluding tert-OH is 1. The fourth-order valence-electron chi connectivity index (χ4n) is 6.25. The standard InChI is InChI=1S/C21H28O7/c1-20-8-7-12(22)9-11(20)3-4-13-15(20)6-5-14-17-16(26-18(13)23)10-25-21(17,2)27-19(14)28-24/h3,5,12-13,15-17,19,22,24H,4,6-10H2,1-2H3/b14-5+/t12-,13+,15-,16+,17+,19-,20-,21+/m1/s1.